The molecule has 34 heavy (non-hydrogen) atoms. The molecule has 3 aromatic rings. The van der Waals surface area contributed by atoms with Crippen molar-refractivity contribution in [1.29, 1.82) is 0 Å². The number of benzene rings is 2. The second-order valence-corrected chi connectivity index (χ2v) is 8.43. The fourth-order valence-electron chi connectivity index (χ4n) is 3.69. The third kappa shape index (κ3) is 6.98. The minimum atomic E-state index is -0.181. The smallest absolute Gasteiger partial charge is 0.305 e. The SMILES string of the molecule is COC(=O)CCCCCOc1ccccc1CN(C(=O)c1cccc(-c2ccco2)c1)C(C)C. The van der Waals surface area contributed by atoms with Crippen molar-refractivity contribution in [3.63, 3.8) is 0 Å². The van der Waals surface area contributed by atoms with E-state index in [0.29, 0.717) is 25.1 Å². The van der Waals surface area contributed by atoms with Crippen LogP contribution in [0.1, 0.15) is 55.5 Å². The zero-order chi connectivity index (χ0) is 24.3. The molecule has 2 aromatic carbocycles. The molecule has 1 amide bonds. The van der Waals surface area contributed by atoms with Crippen LogP contribution in [0.5, 0.6) is 5.75 Å². The molecular formula is C28H33NO5. The molecule has 6 nitrogen and oxygen atoms in total. The zero-order valence-electron chi connectivity index (χ0n) is 20.2. The summed E-state index contributed by atoms with van der Waals surface area (Å²) in [6.07, 6.45) is 4.57. The number of nitrogens with zero attached hydrogens (tertiary/aromatic N) is 1. The van der Waals surface area contributed by atoms with E-state index in [2.05, 4.69) is 4.74 Å². The molecular weight excluding hydrogens is 430 g/mol. The number of ether oxygens (including phenoxy) is 2. The number of methoxy groups -OCH3 is 1. The van der Waals surface area contributed by atoms with Crippen molar-refractivity contribution in [2.45, 2.75) is 52.1 Å². The molecule has 0 atom stereocenters. The summed E-state index contributed by atoms with van der Waals surface area (Å²) in [5.74, 6) is 1.29. The van der Waals surface area contributed by atoms with Crippen LogP contribution < -0.4 is 4.74 Å². The Morgan fingerprint density at radius 2 is 1.79 bits per heavy atom. The van der Waals surface area contributed by atoms with Gasteiger partial charge in [0.25, 0.3) is 5.91 Å². The number of carbonyl (C=O) groups is 2. The number of esters is 1. The molecule has 0 bridgehead atoms. The van der Waals surface area contributed by atoms with E-state index in [4.69, 9.17) is 9.15 Å². The highest BCUT2D eigenvalue weighted by atomic mass is 16.5. The van der Waals surface area contributed by atoms with Gasteiger partial charge in [0, 0.05) is 35.7 Å². The summed E-state index contributed by atoms with van der Waals surface area (Å²) in [6.45, 7) is 5.02. The zero-order valence-corrected chi connectivity index (χ0v) is 20.2. The van der Waals surface area contributed by atoms with Gasteiger partial charge in [-0.3, -0.25) is 9.59 Å². The first-order chi connectivity index (χ1) is 16.5. The fraction of sp³-hybridized carbons (Fsp3) is 0.357. The predicted octanol–water partition coefficient (Wildman–Crippen LogP) is 6.11. The first-order valence-corrected chi connectivity index (χ1v) is 11.7. The molecule has 0 N–H and O–H groups in total. The number of rotatable bonds is 12. The van der Waals surface area contributed by atoms with Gasteiger partial charge >= 0.3 is 5.97 Å². The van der Waals surface area contributed by atoms with Crippen molar-refractivity contribution in [3.05, 3.63) is 78.1 Å². The van der Waals surface area contributed by atoms with Crippen molar-refractivity contribution in [3.8, 4) is 17.1 Å². The molecule has 3 rings (SSSR count). The van der Waals surface area contributed by atoms with Crippen LogP contribution in [0.25, 0.3) is 11.3 Å². The minimum absolute atomic E-state index is 0.00569. The lowest BCUT2D eigenvalue weighted by Crippen LogP contribution is -2.36. The molecule has 180 valence electrons. The van der Waals surface area contributed by atoms with Crippen LogP contribution in [0.15, 0.2) is 71.3 Å². The average molecular weight is 464 g/mol. The largest absolute Gasteiger partial charge is 0.493 e. The van der Waals surface area contributed by atoms with Crippen LogP contribution in [0.4, 0.5) is 0 Å². The Hall–Kier alpha value is -3.54. The van der Waals surface area contributed by atoms with Gasteiger partial charge in [0.2, 0.25) is 0 Å². The number of amides is 1. The quantitative estimate of drug-likeness (QED) is 0.239. The Balaban J connectivity index is 1.65. The lowest BCUT2D eigenvalue weighted by atomic mass is 10.1. The second-order valence-electron chi connectivity index (χ2n) is 8.43. The summed E-state index contributed by atoms with van der Waals surface area (Å²) in [5, 5.41) is 0. The standard InChI is InChI=1S/C28H33NO5/c1-21(2)29(28(31)23-13-9-12-22(19-23)25-15-10-18-34-25)20-24-11-6-7-14-26(24)33-17-8-4-5-16-27(30)32-3/h6-7,9-15,18-19,21H,4-5,8,16-17,20H2,1-3H3. The van der Waals surface area contributed by atoms with E-state index < -0.39 is 0 Å². The minimum Gasteiger partial charge on any atom is -0.493 e. The number of para-hydroxylation sites is 1. The summed E-state index contributed by atoms with van der Waals surface area (Å²) >= 11 is 0. The summed E-state index contributed by atoms with van der Waals surface area (Å²) in [7, 11) is 1.41. The Morgan fingerprint density at radius 3 is 2.53 bits per heavy atom. The molecule has 6 heteroatoms. The van der Waals surface area contributed by atoms with E-state index in [1.54, 1.807) is 6.26 Å². The van der Waals surface area contributed by atoms with Crippen LogP contribution in [0.3, 0.4) is 0 Å². The van der Waals surface area contributed by atoms with E-state index >= 15 is 0 Å². The van der Waals surface area contributed by atoms with Crippen molar-refractivity contribution in [1.82, 2.24) is 4.90 Å². The summed E-state index contributed by atoms with van der Waals surface area (Å²) < 4.78 is 16.2. The van der Waals surface area contributed by atoms with Gasteiger partial charge in [-0.25, -0.2) is 0 Å². The van der Waals surface area contributed by atoms with Crippen LogP contribution in [-0.4, -0.2) is 36.5 Å². The van der Waals surface area contributed by atoms with Crippen LogP contribution in [0, 0.1) is 0 Å². The number of hydrogen-bond acceptors (Lipinski definition) is 5. The van der Waals surface area contributed by atoms with Crippen LogP contribution in [-0.2, 0) is 16.1 Å². The molecule has 0 unspecified atom stereocenters. The maximum atomic E-state index is 13.5. The molecule has 1 heterocycles. The molecule has 0 saturated heterocycles. The third-order valence-corrected chi connectivity index (χ3v) is 5.62. The van der Waals surface area contributed by atoms with Gasteiger partial charge in [-0.1, -0.05) is 30.3 Å². The van der Waals surface area contributed by atoms with Gasteiger partial charge in [0.1, 0.15) is 11.5 Å². The van der Waals surface area contributed by atoms with Crippen molar-refractivity contribution in [2.24, 2.45) is 0 Å². The molecule has 0 fully saturated rings. The number of unbranched alkanes of at least 4 members (excludes halogenated alkanes) is 2. The Bertz CT molecular complexity index is 1060. The van der Waals surface area contributed by atoms with Crippen molar-refractivity contribution >= 4 is 11.9 Å². The van der Waals surface area contributed by atoms with Gasteiger partial charge in [-0.05, 0) is 63.4 Å². The van der Waals surface area contributed by atoms with E-state index in [0.717, 1.165) is 41.9 Å². The molecule has 0 aliphatic rings. The molecule has 0 aliphatic carbocycles. The van der Waals surface area contributed by atoms with Crippen LogP contribution in [0.2, 0.25) is 0 Å². The number of hydrogen-bond donors (Lipinski definition) is 0. The fourth-order valence-corrected chi connectivity index (χ4v) is 3.69. The lowest BCUT2D eigenvalue weighted by molar-refractivity contribution is -0.140. The highest BCUT2D eigenvalue weighted by Gasteiger charge is 2.21. The van der Waals surface area contributed by atoms with E-state index in [1.165, 1.54) is 7.11 Å². The topological polar surface area (TPSA) is 69.0 Å². The van der Waals surface area contributed by atoms with E-state index in [-0.39, 0.29) is 17.9 Å². The third-order valence-electron chi connectivity index (χ3n) is 5.62. The molecule has 0 spiro atoms. The lowest BCUT2D eigenvalue weighted by Gasteiger charge is -2.28. The maximum Gasteiger partial charge on any atom is 0.305 e. The number of carbonyl (C=O) groups excluding carboxylic acids is 2. The highest BCUT2D eigenvalue weighted by Crippen LogP contribution is 2.25. The van der Waals surface area contributed by atoms with Gasteiger partial charge in [0.05, 0.1) is 20.0 Å². The Morgan fingerprint density at radius 1 is 0.971 bits per heavy atom. The van der Waals surface area contributed by atoms with Gasteiger partial charge in [-0.2, -0.15) is 0 Å². The van der Waals surface area contributed by atoms with Gasteiger partial charge < -0.3 is 18.8 Å². The Labute approximate surface area is 201 Å². The molecule has 0 saturated carbocycles. The van der Waals surface area contributed by atoms with Crippen molar-refractivity contribution < 1.29 is 23.5 Å². The predicted molar refractivity (Wildman–Crippen MR) is 132 cm³/mol. The van der Waals surface area contributed by atoms with Gasteiger partial charge in [-0.15, -0.1) is 0 Å². The number of furan rings is 1. The Kier molecular flexibility index (Phi) is 9.32. The van der Waals surface area contributed by atoms with Crippen molar-refractivity contribution in [2.75, 3.05) is 13.7 Å². The normalized spacial score (nSPS) is 10.8. The van der Waals surface area contributed by atoms with Gasteiger partial charge in [0.15, 0.2) is 0 Å². The first-order valence-electron chi connectivity index (χ1n) is 11.7. The first kappa shape index (κ1) is 25.1. The average Bonchev–Trinajstić information content (AvgIpc) is 3.40. The highest BCUT2D eigenvalue weighted by molar-refractivity contribution is 5.95. The second kappa shape index (κ2) is 12.6. The van der Waals surface area contributed by atoms with E-state index in [9.17, 15) is 9.59 Å². The monoisotopic (exact) mass is 463 g/mol. The maximum absolute atomic E-state index is 13.5. The van der Waals surface area contributed by atoms with Crippen LogP contribution >= 0.6 is 0 Å². The molecule has 1 aromatic heterocycles. The van der Waals surface area contributed by atoms with E-state index in [1.807, 2.05) is 79.4 Å². The molecule has 0 radical (unpaired) electrons. The molecule has 0 aliphatic heterocycles. The summed E-state index contributed by atoms with van der Waals surface area (Å²) in [6, 6.07) is 19.1. The summed E-state index contributed by atoms with van der Waals surface area (Å²) in [5.41, 5.74) is 2.45. The summed E-state index contributed by atoms with van der Waals surface area (Å²) in [4.78, 5) is 26.5.